The van der Waals surface area contributed by atoms with Gasteiger partial charge in [-0.25, -0.2) is 4.98 Å². The molecule has 1 amide bonds. The van der Waals surface area contributed by atoms with Crippen molar-refractivity contribution in [3.63, 3.8) is 0 Å². The Kier molecular flexibility index (Phi) is 6.41. The van der Waals surface area contributed by atoms with Crippen LogP contribution in [-0.2, 0) is 23.0 Å². The van der Waals surface area contributed by atoms with E-state index in [1.165, 1.54) is 11.1 Å². The summed E-state index contributed by atoms with van der Waals surface area (Å²) in [5, 5.41) is 3.19. The Balaban J connectivity index is 1.28. The van der Waals surface area contributed by atoms with E-state index in [0.29, 0.717) is 28.7 Å². The van der Waals surface area contributed by atoms with Crippen LogP contribution < -0.4 is 5.32 Å². The van der Waals surface area contributed by atoms with Crippen molar-refractivity contribution < 1.29 is 13.4 Å². The molecule has 0 radical (unpaired) electrons. The van der Waals surface area contributed by atoms with Crippen LogP contribution in [0.3, 0.4) is 0 Å². The number of aromatic nitrogens is 1. The fourth-order valence-corrected chi connectivity index (χ4v) is 5.52. The van der Waals surface area contributed by atoms with Gasteiger partial charge in [-0.15, -0.1) is 0 Å². The molecule has 0 spiro atoms. The van der Waals surface area contributed by atoms with Crippen LogP contribution in [0.4, 0.5) is 0 Å². The molecular weight excluding hydrogens is 444 g/mol. The van der Waals surface area contributed by atoms with Crippen LogP contribution in [0.15, 0.2) is 88.2 Å². The van der Waals surface area contributed by atoms with Crippen LogP contribution >= 0.6 is 0 Å². The average Bonchev–Trinajstić information content (AvgIpc) is 3.24. The van der Waals surface area contributed by atoms with Gasteiger partial charge in [0.15, 0.2) is 0 Å². The third-order valence-electron chi connectivity index (χ3n) is 6.24. The lowest BCUT2D eigenvalue weighted by Gasteiger charge is -2.26. The molecule has 34 heavy (non-hydrogen) atoms. The van der Waals surface area contributed by atoms with Crippen LogP contribution in [0.2, 0.25) is 0 Å². The number of oxazole rings is 1. The Bertz CT molecular complexity index is 1330. The summed E-state index contributed by atoms with van der Waals surface area (Å²) in [6, 6.07) is 25.0. The van der Waals surface area contributed by atoms with Gasteiger partial charge in [0.2, 0.25) is 5.89 Å². The summed E-state index contributed by atoms with van der Waals surface area (Å²) in [5.74, 6) is 1.32. The number of nitrogens with one attached hydrogen (secondary N) is 1. The van der Waals surface area contributed by atoms with Gasteiger partial charge in [-0.05, 0) is 73.7 Å². The third-order valence-corrected chi connectivity index (χ3v) is 7.57. The maximum Gasteiger partial charge on any atom is 0.251 e. The molecule has 1 N–H and O–H groups in total. The van der Waals surface area contributed by atoms with Crippen molar-refractivity contribution in [3.8, 4) is 11.5 Å². The normalized spacial score (nSPS) is 16.0. The number of benzene rings is 3. The lowest BCUT2D eigenvalue weighted by molar-refractivity contribution is 0.0932. The minimum atomic E-state index is -1.19. The second-order valence-corrected chi connectivity index (χ2v) is 9.97. The number of aryl methyl sites for hydroxylation is 2. The third kappa shape index (κ3) is 4.73. The number of fused-ring (bicyclic) bond motifs is 1. The van der Waals surface area contributed by atoms with Crippen molar-refractivity contribution in [2.75, 3.05) is 0 Å². The summed E-state index contributed by atoms with van der Waals surface area (Å²) < 4.78 is 18.5. The van der Waals surface area contributed by atoms with Crippen molar-refractivity contribution in [2.24, 2.45) is 0 Å². The number of hydrogen-bond donors (Lipinski definition) is 1. The van der Waals surface area contributed by atoms with E-state index >= 15 is 0 Å². The first-order valence-electron chi connectivity index (χ1n) is 11.5. The lowest BCUT2D eigenvalue weighted by Crippen LogP contribution is -2.30. The van der Waals surface area contributed by atoms with Gasteiger partial charge in [0.25, 0.3) is 5.91 Å². The fourth-order valence-electron chi connectivity index (χ4n) is 4.37. The summed E-state index contributed by atoms with van der Waals surface area (Å²) in [5.41, 5.74) is 4.59. The maximum atomic E-state index is 12.9. The predicted octanol–water partition coefficient (Wildman–Crippen LogP) is 5.77. The monoisotopic (exact) mass is 470 g/mol. The molecule has 0 aliphatic heterocycles. The van der Waals surface area contributed by atoms with Gasteiger partial charge >= 0.3 is 0 Å². The van der Waals surface area contributed by atoms with Gasteiger partial charge in [-0.1, -0.05) is 42.5 Å². The zero-order valence-electron chi connectivity index (χ0n) is 19.0. The molecule has 5 rings (SSSR count). The Morgan fingerprint density at radius 3 is 2.56 bits per heavy atom. The quantitative estimate of drug-likeness (QED) is 0.389. The zero-order valence-corrected chi connectivity index (χ0v) is 19.8. The lowest BCUT2D eigenvalue weighted by atomic mass is 9.87. The van der Waals surface area contributed by atoms with Gasteiger partial charge in [-0.3, -0.25) is 9.00 Å². The predicted molar refractivity (Wildman–Crippen MR) is 133 cm³/mol. The van der Waals surface area contributed by atoms with Crippen LogP contribution in [0.1, 0.15) is 51.8 Å². The van der Waals surface area contributed by atoms with Crippen molar-refractivity contribution in [3.05, 3.63) is 107 Å². The van der Waals surface area contributed by atoms with Crippen LogP contribution in [0, 0.1) is 6.92 Å². The van der Waals surface area contributed by atoms with Crippen molar-refractivity contribution >= 4 is 16.7 Å². The van der Waals surface area contributed by atoms with E-state index < -0.39 is 10.8 Å². The number of rotatable bonds is 6. The second-order valence-electron chi connectivity index (χ2n) is 8.52. The molecule has 0 saturated heterocycles. The largest absolute Gasteiger partial charge is 0.441 e. The number of carbonyl (C=O) groups is 1. The Labute approximate surface area is 201 Å². The highest BCUT2D eigenvalue weighted by Gasteiger charge is 2.22. The molecular formula is C28H26N2O3S. The summed E-state index contributed by atoms with van der Waals surface area (Å²) in [6.45, 7) is 1.83. The number of nitrogens with zero attached hydrogens (tertiary/aromatic N) is 1. The number of amides is 1. The molecule has 3 aromatic carbocycles. The zero-order chi connectivity index (χ0) is 23.5. The van der Waals surface area contributed by atoms with Crippen molar-refractivity contribution in [2.45, 2.75) is 42.9 Å². The molecule has 0 bridgehead atoms. The van der Waals surface area contributed by atoms with Crippen molar-refractivity contribution in [1.82, 2.24) is 10.3 Å². The molecule has 5 nitrogen and oxygen atoms in total. The molecule has 1 heterocycles. The Hall–Kier alpha value is -3.51. The van der Waals surface area contributed by atoms with E-state index in [4.69, 9.17) is 4.42 Å². The molecule has 0 unspecified atom stereocenters. The second kappa shape index (κ2) is 9.77. The summed E-state index contributed by atoms with van der Waals surface area (Å²) in [6.07, 6.45) is 3.08. The molecule has 172 valence electrons. The molecule has 0 fully saturated rings. The molecule has 4 aromatic rings. The summed E-state index contributed by atoms with van der Waals surface area (Å²) in [4.78, 5) is 18.2. The molecule has 1 aromatic heterocycles. The van der Waals surface area contributed by atoms with Crippen LogP contribution in [0.25, 0.3) is 11.5 Å². The van der Waals surface area contributed by atoms with Gasteiger partial charge in [-0.2, -0.15) is 0 Å². The van der Waals surface area contributed by atoms with E-state index in [1.807, 2.05) is 55.5 Å². The minimum absolute atomic E-state index is 0.0413. The van der Waals surface area contributed by atoms with Crippen molar-refractivity contribution in [1.29, 1.82) is 0 Å². The van der Waals surface area contributed by atoms with Gasteiger partial charge < -0.3 is 9.73 Å². The first-order valence-corrected chi connectivity index (χ1v) is 12.8. The van der Waals surface area contributed by atoms with E-state index in [2.05, 4.69) is 28.5 Å². The first kappa shape index (κ1) is 22.3. The van der Waals surface area contributed by atoms with Gasteiger partial charge in [0.05, 0.1) is 28.3 Å². The first-order chi connectivity index (χ1) is 16.6. The number of hydrogen-bond acceptors (Lipinski definition) is 4. The van der Waals surface area contributed by atoms with E-state index in [1.54, 1.807) is 12.1 Å². The topological polar surface area (TPSA) is 72.2 Å². The molecule has 2 atom stereocenters. The summed E-state index contributed by atoms with van der Waals surface area (Å²) in [7, 11) is -1.19. The Morgan fingerprint density at radius 2 is 1.76 bits per heavy atom. The average molecular weight is 471 g/mol. The van der Waals surface area contributed by atoms with Crippen LogP contribution in [0.5, 0.6) is 0 Å². The summed E-state index contributed by atoms with van der Waals surface area (Å²) >= 11 is 0. The molecule has 1 aliphatic rings. The highest BCUT2D eigenvalue weighted by Crippen LogP contribution is 2.30. The standard InChI is InChI=1S/C28H26N2O3S/c1-19-26(18-34(32)23-10-3-2-4-11-23)30-28(33-19)22-16-14-21(15-17-22)27(31)29-25-13-7-9-20-8-5-6-12-24(20)25/h2-6,8,10-12,14-17,25H,7,9,13,18H2,1H3,(H,29,31)/t25-,34-/m1/s1. The fraction of sp³-hybridized carbons (Fsp3) is 0.214. The van der Waals surface area contributed by atoms with E-state index in [9.17, 15) is 9.00 Å². The highest BCUT2D eigenvalue weighted by molar-refractivity contribution is 7.84. The Morgan fingerprint density at radius 1 is 1.03 bits per heavy atom. The van der Waals surface area contributed by atoms with Gasteiger partial charge in [0.1, 0.15) is 5.76 Å². The van der Waals surface area contributed by atoms with E-state index in [-0.39, 0.29) is 11.9 Å². The SMILES string of the molecule is Cc1oc(-c2ccc(C(=O)N[C@@H]3CCCc4ccccc43)cc2)nc1C[S@@](=O)c1ccccc1. The molecule has 1 aliphatic carbocycles. The smallest absolute Gasteiger partial charge is 0.251 e. The highest BCUT2D eigenvalue weighted by atomic mass is 32.2. The van der Waals surface area contributed by atoms with Crippen LogP contribution in [-0.4, -0.2) is 15.1 Å². The van der Waals surface area contributed by atoms with Gasteiger partial charge in [0, 0.05) is 16.0 Å². The van der Waals surface area contributed by atoms with E-state index in [0.717, 1.165) is 29.7 Å². The minimum Gasteiger partial charge on any atom is -0.441 e. The molecule has 6 heteroatoms. The number of carbonyl (C=O) groups excluding carboxylic acids is 1. The maximum absolute atomic E-state index is 12.9. The molecule has 0 saturated carbocycles.